The van der Waals surface area contributed by atoms with E-state index < -0.39 is 0 Å². The molecule has 0 heterocycles. The van der Waals surface area contributed by atoms with Crippen molar-refractivity contribution in [1.82, 2.24) is 5.32 Å². The number of hydrogen-bond donors (Lipinski definition) is 1. The smallest absolute Gasteiger partial charge is 0.407 e. The van der Waals surface area contributed by atoms with Crippen LogP contribution < -0.4 is 5.32 Å². The maximum Gasteiger partial charge on any atom is 0.407 e. The molecule has 1 aliphatic carbocycles. The van der Waals surface area contributed by atoms with Gasteiger partial charge in [-0.3, -0.25) is 0 Å². The zero-order valence-electron chi connectivity index (χ0n) is 16.0. The van der Waals surface area contributed by atoms with Gasteiger partial charge in [0, 0.05) is 12.0 Å². The second-order valence-electron chi connectivity index (χ2n) is 7.79. The molecule has 0 bridgehead atoms. The molecule has 3 heteroatoms. The van der Waals surface area contributed by atoms with Crippen LogP contribution in [0.5, 0.6) is 0 Å². The number of rotatable bonds is 11. The number of nitrogens with one attached hydrogen (secondary N) is 1. The number of hydrogen-bond acceptors (Lipinski definition) is 2. The predicted molar refractivity (Wildman–Crippen MR) is 97.7 cm³/mol. The fraction of sp³-hybridized carbons (Fsp3) is 0.950. The fourth-order valence-corrected chi connectivity index (χ4v) is 4.08. The number of amides is 1. The monoisotopic (exact) mass is 325 g/mol. The first-order valence-electron chi connectivity index (χ1n) is 9.94. The van der Waals surface area contributed by atoms with Gasteiger partial charge in [-0.2, -0.15) is 0 Å². The number of ether oxygens (including phenoxy) is 1. The van der Waals surface area contributed by atoms with E-state index in [0.717, 1.165) is 19.4 Å². The van der Waals surface area contributed by atoms with Crippen molar-refractivity contribution in [2.75, 3.05) is 6.54 Å². The summed E-state index contributed by atoms with van der Waals surface area (Å²) in [6.07, 6.45) is 14.6. The Morgan fingerprint density at radius 2 is 1.57 bits per heavy atom. The molecule has 0 aromatic heterocycles. The Bertz CT molecular complexity index is 333. The van der Waals surface area contributed by atoms with Crippen LogP contribution in [0.15, 0.2) is 0 Å². The van der Waals surface area contributed by atoms with Crippen molar-refractivity contribution >= 4 is 6.09 Å². The SMILES string of the molecule is CCCCCCCCCNC(=O)OC(C)(C)C1(CC)CCCC1. The Morgan fingerprint density at radius 3 is 2.13 bits per heavy atom. The molecule has 1 saturated carbocycles. The van der Waals surface area contributed by atoms with Crippen molar-refractivity contribution < 1.29 is 9.53 Å². The number of unbranched alkanes of at least 4 members (excludes halogenated alkanes) is 6. The molecule has 0 radical (unpaired) electrons. The molecule has 0 atom stereocenters. The lowest BCUT2D eigenvalue weighted by atomic mass is 9.70. The Hall–Kier alpha value is -0.730. The van der Waals surface area contributed by atoms with Crippen LogP contribution in [0.3, 0.4) is 0 Å². The highest BCUT2D eigenvalue weighted by Crippen LogP contribution is 2.50. The van der Waals surface area contributed by atoms with E-state index in [2.05, 4.69) is 33.0 Å². The highest BCUT2D eigenvalue weighted by molar-refractivity contribution is 5.67. The van der Waals surface area contributed by atoms with Crippen LogP contribution in [0, 0.1) is 5.41 Å². The molecule has 1 amide bonds. The Balaban J connectivity index is 2.20. The van der Waals surface area contributed by atoms with Gasteiger partial charge in [-0.15, -0.1) is 0 Å². The van der Waals surface area contributed by atoms with Crippen molar-refractivity contribution in [3.63, 3.8) is 0 Å². The van der Waals surface area contributed by atoms with E-state index in [0.29, 0.717) is 0 Å². The first-order chi connectivity index (χ1) is 11.0. The molecule has 1 N–H and O–H groups in total. The van der Waals surface area contributed by atoms with E-state index in [-0.39, 0.29) is 17.1 Å². The summed E-state index contributed by atoms with van der Waals surface area (Å²) >= 11 is 0. The van der Waals surface area contributed by atoms with Gasteiger partial charge in [0.1, 0.15) is 5.60 Å². The number of carbonyl (C=O) groups is 1. The van der Waals surface area contributed by atoms with Gasteiger partial charge in [-0.25, -0.2) is 4.79 Å². The molecule has 0 unspecified atom stereocenters. The quantitative estimate of drug-likeness (QED) is 0.458. The van der Waals surface area contributed by atoms with Crippen LogP contribution in [0.4, 0.5) is 4.79 Å². The molecule has 0 aromatic rings. The zero-order chi connectivity index (χ0) is 17.2. The van der Waals surface area contributed by atoms with Crippen molar-refractivity contribution in [2.45, 2.75) is 110 Å². The number of alkyl carbamates (subject to hydrolysis) is 1. The second-order valence-corrected chi connectivity index (χ2v) is 7.79. The molecule has 1 aliphatic rings. The maximum absolute atomic E-state index is 12.1. The van der Waals surface area contributed by atoms with E-state index in [1.165, 1.54) is 64.2 Å². The summed E-state index contributed by atoms with van der Waals surface area (Å²) in [5.41, 5.74) is -0.202. The van der Waals surface area contributed by atoms with Crippen LogP contribution in [-0.4, -0.2) is 18.2 Å². The highest BCUT2D eigenvalue weighted by Gasteiger charge is 2.48. The molecule has 136 valence electrons. The van der Waals surface area contributed by atoms with Crippen molar-refractivity contribution in [3.8, 4) is 0 Å². The highest BCUT2D eigenvalue weighted by atomic mass is 16.6. The van der Waals surface area contributed by atoms with Crippen LogP contribution in [0.2, 0.25) is 0 Å². The van der Waals surface area contributed by atoms with Gasteiger partial charge in [0.05, 0.1) is 0 Å². The Kier molecular flexibility index (Phi) is 9.01. The van der Waals surface area contributed by atoms with Gasteiger partial charge in [0.2, 0.25) is 0 Å². The summed E-state index contributed by atoms with van der Waals surface area (Å²) in [4.78, 5) is 12.1. The average molecular weight is 326 g/mol. The number of carbonyl (C=O) groups excluding carboxylic acids is 1. The Morgan fingerprint density at radius 1 is 1.00 bits per heavy atom. The van der Waals surface area contributed by atoms with Crippen molar-refractivity contribution in [1.29, 1.82) is 0 Å². The lowest BCUT2D eigenvalue weighted by molar-refractivity contribution is -0.0652. The van der Waals surface area contributed by atoms with Crippen LogP contribution >= 0.6 is 0 Å². The first kappa shape index (κ1) is 20.3. The Labute approximate surface area is 143 Å². The first-order valence-corrected chi connectivity index (χ1v) is 9.94. The van der Waals surface area contributed by atoms with E-state index in [1.807, 2.05) is 0 Å². The van der Waals surface area contributed by atoms with Crippen LogP contribution in [0.1, 0.15) is 105 Å². The van der Waals surface area contributed by atoms with E-state index >= 15 is 0 Å². The van der Waals surface area contributed by atoms with Gasteiger partial charge in [-0.05, 0) is 39.5 Å². The molecule has 1 fully saturated rings. The molecule has 0 spiro atoms. The fourth-order valence-electron chi connectivity index (χ4n) is 4.08. The average Bonchev–Trinajstić information content (AvgIpc) is 3.00. The maximum atomic E-state index is 12.1. The molecular formula is C20H39NO2. The predicted octanol–water partition coefficient (Wildman–Crippen LogP) is 6.21. The minimum Gasteiger partial charge on any atom is -0.443 e. The second kappa shape index (κ2) is 10.2. The molecule has 3 nitrogen and oxygen atoms in total. The normalized spacial score (nSPS) is 17.2. The summed E-state index contributed by atoms with van der Waals surface area (Å²) < 4.78 is 5.83. The molecule has 0 aliphatic heterocycles. The van der Waals surface area contributed by atoms with Gasteiger partial charge in [0.25, 0.3) is 0 Å². The molecule has 0 saturated heterocycles. The van der Waals surface area contributed by atoms with Crippen LogP contribution in [-0.2, 0) is 4.74 Å². The van der Waals surface area contributed by atoms with Gasteiger partial charge in [-0.1, -0.05) is 65.2 Å². The lowest BCUT2D eigenvalue weighted by Gasteiger charge is -2.43. The van der Waals surface area contributed by atoms with Gasteiger partial charge < -0.3 is 10.1 Å². The minimum absolute atomic E-state index is 0.170. The lowest BCUT2D eigenvalue weighted by Crippen LogP contribution is -2.47. The van der Waals surface area contributed by atoms with E-state index in [4.69, 9.17) is 4.74 Å². The zero-order valence-corrected chi connectivity index (χ0v) is 16.0. The summed E-state index contributed by atoms with van der Waals surface area (Å²) in [6, 6.07) is 0. The van der Waals surface area contributed by atoms with Crippen molar-refractivity contribution in [2.24, 2.45) is 5.41 Å². The van der Waals surface area contributed by atoms with Gasteiger partial charge in [0.15, 0.2) is 0 Å². The molecular weight excluding hydrogens is 286 g/mol. The van der Waals surface area contributed by atoms with Crippen molar-refractivity contribution in [3.05, 3.63) is 0 Å². The largest absolute Gasteiger partial charge is 0.443 e. The summed E-state index contributed by atoms with van der Waals surface area (Å²) in [7, 11) is 0. The summed E-state index contributed by atoms with van der Waals surface area (Å²) in [6.45, 7) is 9.39. The summed E-state index contributed by atoms with van der Waals surface area (Å²) in [5, 5.41) is 2.94. The molecule has 1 rings (SSSR count). The standard InChI is InChI=1S/C20H39NO2/c1-5-7-8-9-10-11-14-17-21-18(22)23-19(3,4)20(6-2)15-12-13-16-20/h5-17H2,1-4H3,(H,21,22). The molecule has 0 aromatic carbocycles. The van der Waals surface area contributed by atoms with E-state index in [9.17, 15) is 4.79 Å². The van der Waals surface area contributed by atoms with E-state index in [1.54, 1.807) is 0 Å². The molecule has 23 heavy (non-hydrogen) atoms. The minimum atomic E-state index is -0.373. The third kappa shape index (κ3) is 6.35. The third-order valence-electron chi connectivity index (χ3n) is 5.91. The van der Waals surface area contributed by atoms with Crippen LogP contribution in [0.25, 0.3) is 0 Å². The third-order valence-corrected chi connectivity index (χ3v) is 5.91. The van der Waals surface area contributed by atoms with Gasteiger partial charge >= 0.3 is 6.09 Å². The summed E-state index contributed by atoms with van der Waals surface area (Å²) in [5.74, 6) is 0. The topological polar surface area (TPSA) is 38.3 Å².